The molecule has 0 saturated carbocycles. The van der Waals surface area contributed by atoms with Gasteiger partial charge in [-0.25, -0.2) is 0 Å². The SMILES string of the molecule is CCCCCCC(CCCC)Cc1cc[c]cc1. The fourth-order valence-corrected chi connectivity index (χ4v) is 2.59. The molecule has 0 aliphatic carbocycles. The molecule has 101 valence electrons. The number of hydrogen-bond acceptors (Lipinski definition) is 0. The molecule has 0 aliphatic heterocycles. The summed E-state index contributed by atoms with van der Waals surface area (Å²) >= 11 is 0. The Bertz CT molecular complexity index is 275. The van der Waals surface area contributed by atoms with Crippen molar-refractivity contribution in [2.75, 3.05) is 0 Å². The van der Waals surface area contributed by atoms with Gasteiger partial charge in [0.05, 0.1) is 0 Å². The van der Waals surface area contributed by atoms with Crippen molar-refractivity contribution in [2.24, 2.45) is 5.92 Å². The monoisotopic (exact) mass is 245 g/mol. The van der Waals surface area contributed by atoms with Crippen LogP contribution in [0, 0.1) is 12.0 Å². The third-order valence-electron chi connectivity index (χ3n) is 3.74. The molecule has 0 nitrogen and oxygen atoms in total. The highest BCUT2D eigenvalue weighted by atomic mass is 14.1. The highest BCUT2D eigenvalue weighted by molar-refractivity contribution is 5.14. The molecule has 0 amide bonds. The fraction of sp³-hybridized carbons (Fsp3) is 0.667. The maximum atomic E-state index is 3.11. The molecule has 0 saturated heterocycles. The molecule has 1 atom stereocenters. The van der Waals surface area contributed by atoms with Gasteiger partial charge in [0.25, 0.3) is 0 Å². The molecule has 1 aromatic carbocycles. The third-order valence-corrected chi connectivity index (χ3v) is 3.74. The minimum Gasteiger partial charge on any atom is -0.0654 e. The smallest absolute Gasteiger partial charge is 0.0184 e. The summed E-state index contributed by atoms with van der Waals surface area (Å²) in [7, 11) is 0. The van der Waals surface area contributed by atoms with E-state index in [1.54, 1.807) is 0 Å². The van der Waals surface area contributed by atoms with Crippen LogP contribution < -0.4 is 0 Å². The fourth-order valence-electron chi connectivity index (χ4n) is 2.59. The van der Waals surface area contributed by atoms with Gasteiger partial charge in [0.1, 0.15) is 0 Å². The van der Waals surface area contributed by atoms with Gasteiger partial charge in [0.2, 0.25) is 0 Å². The summed E-state index contributed by atoms with van der Waals surface area (Å²) in [5.41, 5.74) is 1.49. The Morgan fingerprint density at radius 1 is 0.889 bits per heavy atom. The minimum absolute atomic E-state index is 0.893. The maximum Gasteiger partial charge on any atom is -0.0184 e. The van der Waals surface area contributed by atoms with E-state index in [0.717, 1.165) is 5.92 Å². The Morgan fingerprint density at radius 2 is 1.56 bits per heavy atom. The Labute approximate surface area is 114 Å². The molecule has 1 aromatic rings. The van der Waals surface area contributed by atoms with Gasteiger partial charge in [0, 0.05) is 0 Å². The second-order valence-electron chi connectivity index (χ2n) is 5.47. The summed E-state index contributed by atoms with van der Waals surface area (Å²) in [5.74, 6) is 0.893. The van der Waals surface area contributed by atoms with Crippen LogP contribution in [-0.2, 0) is 6.42 Å². The molecule has 0 aromatic heterocycles. The van der Waals surface area contributed by atoms with Gasteiger partial charge in [-0.2, -0.15) is 0 Å². The molecular formula is C18H29. The lowest BCUT2D eigenvalue weighted by Crippen LogP contribution is -2.05. The van der Waals surface area contributed by atoms with Gasteiger partial charge in [-0.15, -0.1) is 0 Å². The van der Waals surface area contributed by atoms with E-state index in [-0.39, 0.29) is 0 Å². The van der Waals surface area contributed by atoms with Crippen molar-refractivity contribution < 1.29 is 0 Å². The summed E-state index contributed by atoms with van der Waals surface area (Å²) in [4.78, 5) is 0. The number of hydrogen-bond donors (Lipinski definition) is 0. The average molecular weight is 245 g/mol. The quantitative estimate of drug-likeness (QED) is 0.457. The molecule has 1 rings (SSSR count). The van der Waals surface area contributed by atoms with Crippen molar-refractivity contribution in [3.63, 3.8) is 0 Å². The van der Waals surface area contributed by atoms with Crippen molar-refractivity contribution in [3.8, 4) is 0 Å². The van der Waals surface area contributed by atoms with Crippen molar-refractivity contribution in [1.82, 2.24) is 0 Å². The first kappa shape index (κ1) is 15.3. The minimum atomic E-state index is 0.893. The Hall–Kier alpha value is -0.780. The molecule has 18 heavy (non-hydrogen) atoms. The standard InChI is InChI=1S/C18H29/c1-3-5-7-9-13-17(12-6-4-2)16-18-14-10-8-11-15-18/h10-11,14-15,17H,3-7,9,12-13,16H2,1-2H3. The third kappa shape index (κ3) is 6.83. The second kappa shape index (κ2) is 10.2. The Balaban J connectivity index is 2.35. The van der Waals surface area contributed by atoms with Gasteiger partial charge in [-0.3, -0.25) is 0 Å². The van der Waals surface area contributed by atoms with Crippen LogP contribution in [0.5, 0.6) is 0 Å². The van der Waals surface area contributed by atoms with E-state index in [9.17, 15) is 0 Å². The Kier molecular flexibility index (Phi) is 8.63. The zero-order chi connectivity index (χ0) is 13.1. The predicted octanol–water partition coefficient (Wildman–Crippen LogP) is 5.81. The van der Waals surface area contributed by atoms with E-state index in [0.29, 0.717) is 0 Å². The lowest BCUT2D eigenvalue weighted by Gasteiger charge is -2.16. The highest BCUT2D eigenvalue weighted by Crippen LogP contribution is 2.21. The number of rotatable bonds is 10. The van der Waals surface area contributed by atoms with E-state index in [1.165, 1.54) is 63.4 Å². The topological polar surface area (TPSA) is 0 Å². The van der Waals surface area contributed by atoms with Crippen LogP contribution >= 0.6 is 0 Å². The lowest BCUT2D eigenvalue weighted by molar-refractivity contribution is 0.410. The van der Waals surface area contributed by atoms with Gasteiger partial charge < -0.3 is 0 Å². The van der Waals surface area contributed by atoms with Gasteiger partial charge in [0.15, 0.2) is 0 Å². The second-order valence-corrected chi connectivity index (χ2v) is 5.47. The normalized spacial score (nSPS) is 12.6. The zero-order valence-corrected chi connectivity index (χ0v) is 12.3. The van der Waals surface area contributed by atoms with Crippen LogP contribution in [0.2, 0.25) is 0 Å². The summed E-state index contributed by atoms with van der Waals surface area (Å²) in [6.07, 6.45) is 12.4. The lowest BCUT2D eigenvalue weighted by atomic mass is 9.89. The first-order chi connectivity index (χ1) is 8.86. The zero-order valence-electron chi connectivity index (χ0n) is 12.3. The molecule has 0 heterocycles. The van der Waals surface area contributed by atoms with Gasteiger partial charge >= 0.3 is 0 Å². The molecule has 1 unspecified atom stereocenters. The highest BCUT2D eigenvalue weighted by Gasteiger charge is 2.09. The summed E-state index contributed by atoms with van der Waals surface area (Å²) in [5, 5.41) is 0. The number of unbranched alkanes of at least 4 members (excludes halogenated alkanes) is 4. The van der Waals surface area contributed by atoms with Crippen LogP contribution in [-0.4, -0.2) is 0 Å². The van der Waals surface area contributed by atoms with E-state index in [2.05, 4.69) is 32.0 Å². The summed E-state index contributed by atoms with van der Waals surface area (Å²) in [6.45, 7) is 4.58. The molecule has 0 N–H and O–H groups in total. The maximum absolute atomic E-state index is 3.11. The molecule has 0 spiro atoms. The van der Waals surface area contributed by atoms with Crippen LogP contribution in [0.3, 0.4) is 0 Å². The van der Waals surface area contributed by atoms with Crippen molar-refractivity contribution in [1.29, 1.82) is 0 Å². The molecule has 0 bridgehead atoms. The van der Waals surface area contributed by atoms with Crippen molar-refractivity contribution in [3.05, 3.63) is 35.9 Å². The first-order valence-corrected chi connectivity index (χ1v) is 7.81. The van der Waals surface area contributed by atoms with Crippen LogP contribution in [0.25, 0.3) is 0 Å². The average Bonchev–Trinajstić information content (AvgIpc) is 2.41. The molecule has 0 fully saturated rings. The summed E-state index contributed by atoms with van der Waals surface area (Å²) < 4.78 is 0. The Morgan fingerprint density at radius 3 is 2.22 bits per heavy atom. The van der Waals surface area contributed by atoms with E-state index in [1.807, 2.05) is 12.1 Å². The predicted molar refractivity (Wildman–Crippen MR) is 80.8 cm³/mol. The van der Waals surface area contributed by atoms with E-state index < -0.39 is 0 Å². The van der Waals surface area contributed by atoms with Crippen LogP contribution in [0.4, 0.5) is 0 Å². The van der Waals surface area contributed by atoms with Crippen LogP contribution in [0.1, 0.15) is 70.8 Å². The molecule has 0 heteroatoms. The van der Waals surface area contributed by atoms with Gasteiger partial charge in [-0.05, 0) is 24.0 Å². The molecule has 1 radical (unpaired) electrons. The van der Waals surface area contributed by atoms with E-state index >= 15 is 0 Å². The van der Waals surface area contributed by atoms with Gasteiger partial charge in [-0.1, -0.05) is 89.5 Å². The largest absolute Gasteiger partial charge is 0.0654 e. The molecule has 0 aliphatic rings. The number of benzene rings is 1. The van der Waals surface area contributed by atoms with Crippen molar-refractivity contribution >= 4 is 0 Å². The van der Waals surface area contributed by atoms with E-state index in [4.69, 9.17) is 0 Å². The first-order valence-electron chi connectivity index (χ1n) is 7.81. The van der Waals surface area contributed by atoms with Crippen molar-refractivity contribution in [2.45, 2.75) is 71.6 Å². The summed E-state index contributed by atoms with van der Waals surface area (Å²) in [6, 6.07) is 11.7. The van der Waals surface area contributed by atoms with Crippen LogP contribution in [0.15, 0.2) is 24.3 Å². The molecular weight excluding hydrogens is 216 g/mol.